The van der Waals surface area contributed by atoms with E-state index in [4.69, 9.17) is 0 Å². The minimum absolute atomic E-state index is 0.591. The van der Waals surface area contributed by atoms with Crippen molar-refractivity contribution < 1.29 is 0 Å². The van der Waals surface area contributed by atoms with Crippen molar-refractivity contribution >= 4 is 0 Å². The van der Waals surface area contributed by atoms with E-state index in [1.54, 1.807) is 0 Å². The zero-order chi connectivity index (χ0) is 12.8. The highest BCUT2D eigenvalue weighted by Gasteiger charge is 2.20. The Morgan fingerprint density at radius 2 is 2.06 bits per heavy atom. The van der Waals surface area contributed by atoms with Crippen molar-refractivity contribution in [3.8, 4) is 0 Å². The Hall–Kier alpha value is -0.830. The molecule has 0 aromatic carbocycles. The Kier molecular flexibility index (Phi) is 5.69. The lowest BCUT2D eigenvalue weighted by Crippen LogP contribution is -2.36. The van der Waals surface area contributed by atoms with Gasteiger partial charge in [0.25, 0.3) is 0 Å². The number of nitrogens with one attached hydrogen (secondary N) is 1. The van der Waals surface area contributed by atoms with E-state index in [9.17, 15) is 0 Å². The summed E-state index contributed by atoms with van der Waals surface area (Å²) in [6, 6.07) is 2.71. The molecule has 0 saturated heterocycles. The molecule has 3 heteroatoms. The van der Waals surface area contributed by atoms with E-state index in [1.807, 2.05) is 17.9 Å². The summed E-state index contributed by atoms with van der Waals surface area (Å²) in [5.74, 6) is 1.45. The van der Waals surface area contributed by atoms with E-state index in [0.29, 0.717) is 6.04 Å². The monoisotopic (exact) mass is 237 g/mol. The fourth-order valence-electron chi connectivity index (χ4n) is 2.60. The van der Waals surface area contributed by atoms with Crippen LogP contribution in [0.5, 0.6) is 0 Å². The van der Waals surface area contributed by atoms with Crippen LogP contribution in [0.15, 0.2) is 12.3 Å². The largest absolute Gasteiger partial charge is 0.314 e. The van der Waals surface area contributed by atoms with Gasteiger partial charge in [-0.1, -0.05) is 20.8 Å². The molecule has 2 unspecified atom stereocenters. The molecule has 2 atom stereocenters. The zero-order valence-corrected chi connectivity index (χ0v) is 11.9. The maximum absolute atomic E-state index is 4.22. The van der Waals surface area contributed by atoms with Gasteiger partial charge in [0, 0.05) is 25.0 Å². The normalized spacial score (nSPS) is 15.2. The van der Waals surface area contributed by atoms with Crippen molar-refractivity contribution in [2.75, 3.05) is 6.54 Å². The lowest BCUT2D eigenvalue weighted by Gasteiger charge is -2.28. The second-order valence-electron chi connectivity index (χ2n) is 5.24. The van der Waals surface area contributed by atoms with Gasteiger partial charge in [0.1, 0.15) is 0 Å². The topological polar surface area (TPSA) is 29.9 Å². The molecule has 1 aromatic heterocycles. The summed E-state index contributed by atoms with van der Waals surface area (Å²) in [7, 11) is 2.02. The maximum Gasteiger partial charge on any atom is 0.0492 e. The average molecular weight is 237 g/mol. The standard InChI is InChI=1S/C14H27N3/c1-6-15-12(4)14(11(2)3)8-7-13-9-10-16-17(13)5/h9-12,14-15H,6-8H2,1-5H3. The van der Waals surface area contributed by atoms with Crippen molar-refractivity contribution in [2.45, 2.75) is 46.6 Å². The van der Waals surface area contributed by atoms with Crippen LogP contribution < -0.4 is 5.32 Å². The molecule has 0 aliphatic rings. The molecule has 0 amide bonds. The summed E-state index contributed by atoms with van der Waals surface area (Å²) in [5, 5.41) is 7.77. The molecule has 0 spiro atoms. The van der Waals surface area contributed by atoms with Crippen LogP contribution in [0.1, 0.15) is 39.8 Å². The molecular formula is C14H27N3. The third-order valence-electron chi connectivity index (χ3n) is 3.68. The van der Waals surface area contributed by atoms with Crippen LogP contribution in [0.2, 0.25) is 0 Å². The van der Waals surface area contributed by atoms with Gasteiger partial charge in [0.15, 0.2) is 0 Å². The fraction of sp³-hybridized carbons (Fsp3) is 0.786. The molecule has 1 heterocycles. The fourth-order valence-corrected chi connectivity index (χ4v) is 2.60. The molecule has 0 radical (unpaired) electrons. The highest BCUT2D eigenvalue weighted by molar-refractivity contribution is 5.00. The first kappa shape index (κ1) is 14.2. The summed E-state index contributed by atoms with van der Waals surface area (Å²) < 4.78 is 1.98. The van der Waals surface area contributed by atoms with Crippen LogP contribution in [0, 0.1) is 11.8 Å². The summed E-state index contributed by atoms with van der Waals surface area (Å²) in [6.07, 6.45) is 4.23. The van der Waals surface area contributed by atoms with Crippen molar-refractivity contribution in [1.29, 1.82) is 0 Å². The Morgan fingerprint density at radius 1 is 1.35 bits per heavy atom. The quantitative estimate of drug-likeness (QED) is 0.790. The summed E-state index contributed by atoms with van der Waals surface area (Å²) >= 11 is 0. The van der Waals surface area contributed by atoms with Gasteiger partial charge in [0.05, 0.1) is 0 Å². The average Bonchev–Trinajstić information content (AvgIpc) is 2.64. The van der Waals surface area contributed by atoms with Gasteiger partial charge < -0.3 is 5.32 Å². The number of rotatable bonds is 7. The lowest BCUT2D eigenvalue weighted by atomic mass is 9.85. The van der Waals surface area contributed by atoms with Gasteiger partial charge in [0.2, 0.25) is 0 Å². The number of hydrogen-bond donors (Lipinski definition) is 1. The molecular weight excluding hydrogens is 210 g/mol. The van der Waals surface area contributed by atoms with Crippen molar-refractivity contribution in [1.82, 2.24) is 15.1 Å². The summed E-state index contributed by atoms with van der Waals surface area (Å²) in [6.45, 7) is 10.2. The van der Waals surface area contributed by atoms with E-state index in [0.717, 1.165) is 24.8 Å². The zero-order valence-electron chi connectivity index (χ0n) is 11.9. The minimum Gasteiger partial charge on any atom is -0.314 e. The van der Waals surface area contributed by atoms with E-state index < -0.39 is 0 Å². The first-order valence-corrected chi connectivity index (χ1v) is 6.76. The summed E-state index contributed by atoms with van der Waals surface area (Å²) in [4.78, 5) is 0. The van der Waals surface area contributed by atoms with Gasteiger partial charge in [-0.3, -0.25) is 4.68 Å². The first-order valence-electron chi connectivity index (χ1n) is 6.76. The van der Waals surface area contributed by atoms with Gasteiger partial charge in [-0.25, -0.2) is 0 Å². The van der Waals surface area contributed by atoms with Crippen LogP contribution in [0.4, 0.5) is 0 Å². The lowest BCUT2D eigenvalue weighted by molar-refractivity contribution is 0.275. The van der Waals surface area contributed by atoms with E-state index in [2.05, 4.69) is 44.2 Å². The van der Waals surface area contributed by atoms with Crippen LogP contribution in [-0.4, -0.2) is 22.4 Å². The minimum atomic E-state index is 0.591. The predicted octanol–water partition coefficient (Wildman–Crippen LogP) is 2.62. The Labute approximate surface area is 106 Å². The number of nitrogens with zero attached hydrogens (tertiary/aromatic N) is 2. The predicted molar refractivity (Wildman–Crippen MR) is 73.0 cm³/mol. The highest BCUT2D eigenvalue weighted by Crippen LogP contribution is 2.21. The maximum atomic E-state index is 4.22. The molecule has 0 bridgehead atoms. The van der Waals surface area contributed by atoms with E-state index >= 15 is 0 Å². The molecule has 0 aliphatic heterocycles. The summed E-state index contributed by atoms with van der Waals surface area (Å²) in [5.41, 5.74) is 1.33. The first-order chi connectivity index (χ1) is 8.06. The molecule has 0 fully saturated rings. The van der Waals surface area contributed by atoms with Crippen LogP contribution in [-0.2, 0) is 13.5 Å². The van der Waals surface area contributed by atoms with E-state index in [1.165, 1.54) is 12.1 Å². The highest BCUT2D eigenvalue weighted by atomic mass is 15.2. The molecule has 0 saturated carbocycles. The molecule has 1 aromatic rings. The molecule has 98 valence electrons. The Bertz CT molecular complexity index is 317. The smallest absolute Gasteiger partial charge is 0.0492 e. The third-order valence-corrected chi connectivity index (χ3v) is 3.68. The van der Waals surface area contributed by atoms with Gasteiger partial charge in [-0.15, -0.1) is 0 Å². The van der Waals surface area contributed by atoms with E-state index in [-0.39, 0.29) is 0 Å². The van der Waals surface area contributed by atoms with Crippen LogP contribution >= 0.6 is 0 Å². The van der Waals surface area contributed by atoms with Crippen molar-refractivity contribution in [2.24, 2.45) is 18.9 Å². The molecule has 1 rings (SSSR count). The number of hydrogen-bond acceptors (Lipinski definition) is 2. The Morgan fingerprint density at radius 3 is 2.53 bits per heavy atom. The second-order valence-corrected chi connectivity index (χ2v) is 5.24. The number of aryl methyl sites for hydroxylation is 2. The second kappa shape index (κ2) is 6.80. The van der Waals surface area contributed by atoms with Gasteiger partial charge in [-0.05, 0) is 44.2 Å². The third kappa shape index (κ3) is 4.15. The molecule has 1 N–H and O–H groups in total. The Balaban J connectivity index is 2.53. The van der Waals surface area contributed by atoms with Crippen molar-refractivity contribution in [3.63, 3.8) is 0 Å². The SMILES string of the molecule is CCNC(C)C(CCc1ccnn1C)C(C)C. The molecule has 3 nitrogen and oxygen atoms in total. The van der Waals surface area contributed by atoms with Crippen LogP contribution in [0.25, 0.3) is 0 Å². The molecule has 17 heavy (non-hydrogen) atoms. The van der Waals surface area contributed by atoms with Gasteiger partial charge in [-0.2, -0.15) is 5.10 Å². The van der Waals surface area contributed by atoms with Crippen molar-refractivity contribution in [3.05, 3.63) is 18.0 Å². The molecule has 0 aliphatic carbocycles. The number of aromatic nitrogens is 2. The van der Waals surface area contributed by atoms with Crippen LogP contribution in [0.3, 0.4) is 0 Å². The van der Waals surface area contributed by atoms with Gasteiger partial charge >= 0.3 is 0 Å².